The van der Waals surface area contributed by atoms with Crippen LogP contribution in [0.2, 0.25) is 0 Å². The second kappa shape index (κ2) is 6.85. The van der Waals surface area contributed by atoms with Gasteiger partial charge < -0.3 is 10.4 Å². The van der Waals surface area contributed by atoms with Gasteiger partial charge in [0.25, 0.3) is 0 Å². The molecule has 1 heterocycles. The number of rotatable bonds is 5. The van der Waals surface area contributed by atoms with Crippen LogP contribution in [0.3, 0.4) is 0 Å². The lowest BCUT2D eigenvalue weighted by Crippen LogP contribution is -2.27. The molecule has 0 fully saturated rings. The number of aromatic nitrogens is 1. The molecular formula is C15H14F4N2O. The van der Waals surface area contributed by atoms with E-state index in [2.05, 4.69) is 10.3 Å². The highest BCUT2D eigenvalue weighted by molar-refractivity contribution is 5.24. The monoisotopic (exact) mass is 314 g/mol. The molecule has 0 aliphatic heterocycles. The van der Waals surface area contributed by atoms with Crippen LogP contribution in [0, 0.1) is 23.3 Å². The normalized spacial score (nSPS) is 13.9. The number of aliphatic hydroxyl groups is 1. The van der Waals surface area contributed by atoms with Crippen LogP contribution in [0.4, 0.5) is 17.6 Å². The summed E-state index contributed by atoms with van der Waals surface area (Å²) in [4.78, 5) is 3.70. The van der Waals surface area contributed by atoms with Gasteiger partial charge in [0.05, 0.1) is 18.8 Å². The summed E-state index contributed by atoms with van der Waals surface area (Å²) in [6.07, 6.45) is 2.48. The topological polar surface area (TPSA) is 45.1 Å². The lowest BCUT2D eigenvalue weighted by Gasteiger charge is -2.22. The number of aliphatic hydroxyl groups excluding tert-OH is 1. The van der Waals surface area contributed by atoms with Gasteiger partial charge in [-0.05, 0) is 36.2 Å². The second-order valence-corrected chi connectivity index (χ2v) is 4.86. The molecule has 0 aliphatic rings. The van der Waals surface area contributed by atoms with Crippen molar-refractivity contribution in [3.8, 4) is 0 Å². The summed E-state index contributed by atoms with van der Waals surface area (Å²) in [7, 11) is 0. The molecule has 0 amide bonds. The van der Waals surface area contributed by atoms with Crippen LogP contribution >= 0.6 is 0 Å². The highest BCUT2D eigenvalue weighted by Gasteiger charge is 2.19. The van der Waals surface area contributed by atoms with E-state index in [1.807, 2.05) is 0 Å². The van der Waals surface area contributed by atoms with Crippen molar-refractivity contribution in [3.05, 3.63) is 65.0 Å². The molecule has 0 saturated heterocycles. The fraction of sp³-hybridized carbons (Fsp3) is 0.267. The Hall–Kier alpha value is -1.99. The Labute approximate surface area is 124 Å². The van der Waals surface area contributed by atoms with Crippen molar-refractivity contribution in [2.24, 2.45) is 0 Å². The van der Waals surface area contributed by atoms with Crippen molar-refractivity contribution < 1.29 is 22.7 Å². The first-order chi connectivity index (χ1) is 10.4. The fourth-order valence-corrected chi connectivity index (χ4v) is 2.09. The molecule has 2 N–H and O–H groups in total. The molecule has 2 unspecified atom stereocenters. The molecule has 0 spiro atoms. The SMILES string of the molecule is CC(NC(CO)c1cc(F)c(F)c(F)c1)c1cncc(F)c1. The van der Waals surface area contributed by atoms with E-state index in [1.165, 1.54) is 12.3 Å². The lowest BCUT2D eigenvalue weighted by atomic mass is 10.0. The third-order valence-corrected chi connectivity index (χ3v) is 3.27. The molecular weight excluding hydrogens is 300 g/mol. The predicted octanol–water partition coefficient (Wildman–Crippen LogP) is 3.02. The molecule has 2 rings (SSSR count). The van der Waals surface area contributed by atoms with Crippen molar-refractivity contribution >= 4 is 0 Å². The zero-order valence-corrected chi connectivity index (χ0v) is 11.7. The van der Waals surface area contributed by atoms with Gasteiger partial charge in [0.15, 0.2) is 17.5 Å². The molecule has 1 aromatic carbocycles. The van der Waals surface area contributed by atoms with Crippen LogP contribution in [0.15, 0.2) is 30.6 Å². The molecule has 7 heteroatoms. The Morgan fingerprint density at radius 3 is 2.23 bits per heavy atom. The van der Waals surface area contributed by atoms with E-state index in [4.69, 9.17) is 0 Å². The first-order valence-electron chi connectivity index (χ1n) is 6.54. The molecule has 2 aromatic rings. The summed E-state index contributed by atoms with van der Waals surface area (Å²) < 4.78 is 52.6. The van der Waals surface area contributed by atoms with Crippen LogP contribution in [0.25, 0.3) is 0 Å². The van der Waals surface area contributed by atoms with Gasteiger partial charge in [0.2, 0.25) is 0 Å². The van der Waals surface area contributed by atoms with Crippen molar-refractivity contribution in [2.45, 2.75) is 19.0 Å². The van der Waals surface area contributed by atoms with Crippen LogP contribution in [0.1, 0.15) is 30.1 Å². The number of nitrogens with one attached hydrogen (secondary N) is 1. The van der Waals surface area contributed by atoms with E-state index in [-0.39, 0.29) is 5.56 Å². The average molecular weight is 314 g/mol. The minimum atomic E-state index is -1.57. The minimum absolute atomic E-state index is 0.0510. The van der Waals surface area contributed by atoms with Gasteiger partial charge in [-0.1, -0.05) is 0 Å². The van der Waals surface area contributed by atoms with Crippen molar-refractivity contribution in [3.63, 3.8) is 0 Å². The van der Waals surface area contributed by atoms with E-state index < -0.39 is 42.0 Å². The smallest absolute Gasteiger partial charge is 0.194 e. The Morgan fingerprint density at radius 1 is 1.05 bits per heavy atom. The van der Waals surface area contributed by atoms with Crippen LogP contribution < -0.4 is 5.32 Å². The van der Waals surface area contributed by atoms with Crippen LogP contribution in [-0.2, 0) is 0 Å². The third-order valence-electron chi connectivity index (χ3n) is 3.27. The van der Waals surface area contributed by atoms with Gasteiger partial charge >= 0.3 is 0 Å². The lowest BCUT2D eigenvalue weighted by molar-refractivity contribution is 0.234. The Kier molecular flexibility index (Phi) is 5.10. The highest BCUT2D eigenvalue weighted by atomic mass is 19.2. The number of halogens is 4. The second-order valence-electron chi connectivity index (χ2n) is 4.86. The molecule has 0 saturated carbocycles. The number of benzene rings is 1. The largest absolute Gasteiger partial charge is 0.394 e. The van der Waals surface area contributed by atoms with E-state index in [0.717, 1.165) is 18.3 Å². The molecule has 0 radical (unpaired) electrons. The Morgan fingerprint density at radius 2 is 1.68 bits per heavy atom. The average Bonchev–Trinajstić information content (AvgIpc) is 2.49. The summed E-state index contributed by atoms with van der Waals surface area (Å²) >= 11 is 0. The fourth-order valence-electron chi connectivity index (χ4n) is 2.09. The summed E-state index contributed by atoms with van der Waals surface area (Å²) in [6, 6.07) is 1.58. The van der Waals surface area contributed by atoms with Gasteiger partial charge in [-0.25, -0.2) is 17.6 Å². The molecule has 3 nitrogen and oxygen atoms in total. The predicted molar refractivity (Wildman–Crippen MR) is 71.9 cm³/mol. The maximum absolute atomic E-state index is 13.3. The molecule has 0 aliphatic carbocycles. The summed E-state index contributed by atoms with van der Waals surface area (Å²) in [6.45, 7) is 1.20. The van der Waals surface area contributed by atoms with Crippen molar-refractivity contribution in [1.29, 1.82) is 0 Å². The van der Waals surface area contributed by atoms with Gasteiger partial charge in [-0.15, -0.1) is 0 Å². The van der Waals surface area contributed by atoms with Crippen LogP contribution in [-0.4, -0.2) is 16.7 Å². The van der Waals surface area contributed by atoms with E-state index in [1.54, 1.807) is 6.92 Å². The molecule has 0 bridgehead atoms. The summed E-state index contributed by atoms with van der Waals surface area (Å²) in [5.41, 5.74) is 0.552. The maximum atomic E-state index is 13.3. The zero-order valence-electron chi connectivity index (χ0n) is 11.7. The summed E-state index contributed by atoms with van der Waals surface area (Å²) in [5, 5.41) is 12.3. The first kappa shape index (κ1) is 16.4. The molecule has 2 atom stereocenters. The molecule has 1 aromatic heterocycles. The highest BCUT2D eigenvalue weighted by Crippen LogP contribution is 2.22. The van der Waals surface area contributed by atoms with Gasteiger partial charge in [0.1, 0.15) is 5.82 Å². The van der Waals surface area contributed by atoms with Crippen molar-refractivity contribution in [2.75, 3.05) is 6.61 Å². The summed E-state index contributed by atoms with van der Waals surface area (Å²) in [5.74, 6) is -4.76. The van der Waals surface area contributed by atoms with Crippen molar-refractivity contribution in [1.82, 2.24) is 10.3 Å². The Balaban J connectivity index is 2.22. The van der Waals surface area contributed by atoms with E-state index in [9.17, 15) is 22.7 Å². The number of nitrogens with zero attached hydrogens (tertiary/aromatic N) is 1. The van der Waals surface area contributed by atoms with Gasteiger partial charge in [-0.3, -0.25) is 4.98 Å². The standard InChI is InChI=1S/C15H14F4N2O/c1-8(10-2-11(16)6-20-5-10)21-14(7-22)9-3-12(17)15(19)13(18)4-9/h2-6,8,14,21-22H,7H2,1H3. The minimum Gasteiger partial charge on any atom is -0.394 e. The van der Waals surface area contributed by atoms with Crippen LogP contribution in [0.5, 0.6) is 0 Å². The molecule has 118 valence electrons. The third kappa shape index (κ3) is 3.61. The van der Waals surface area contributed by atoms with Gasteiger partial charge in [-0.2, -0.15) is 0 Å². The number of hydrogen-bond acceptors (Lipinski definition) is 3. The van der Waals surface area contributed by atoms with Gasteiger partial charge in [0, 0.05) is 12.2 Å². The number of pyridine rings is 1. The Bertz CT molecular complexity index is 643. The van der Waals surface area contributed by atoms with E-state index >= 15 is 0 Å². The first-order valence-corrected chi connectivity index (χ1v) is 6.54. The quantitative estimate of drug-likeness (QED) is 0.659. The van der Waals surface area contributed by atoms with E-state index in [0.29, 0.717) is 5.56 Å². The maximum Gasteiger partial charge on any atom is 0.194 e. The molecule has 22 heavy (non-hydrogen) atoms. The number of hydrogen-bond donors (Lipinski definition) is 2. The zero-order chi connectivity index (χ0) is 16.3.